The molecule has 1 unspecified atom stereocenters. The first-order chi connectivity index (χ1) is 11.7. The zero-order valence-corrected chi connectivity index (χ0v) is 14.8. The van der Waals surface area contributed by atoms with Gasteiger partial charge in [0.25, 0.3) is 0 Å². The van der Waals surface area contributed by atoms with Crippen molar-refractivity contribution < 1.29 is 5.11 Å². The van der Waals surface area contributed by atoms with E-state index in [1.54, 1.807) is 11.3 Å². The fourth-order valence-corrected chi connectivity index (χ4v) is 3.62. The lowest BCUT2D eigenvalue weighted by Crippen LogP contribution is -2.25. The molecule has 0 saturated heterocycles. The SMILES string of the molecule is C[C@H](CCCC(O)c1cccs1)NCc1ccc2cnccc2c1. The Balaban J connectivity index is 1.42. The second-order valence-corrected chi connectivity index (χ2v) is 7.28. The molecule has 2 N–H and O–H groups in total. The van der Waals surface area contributed by atoms with Gasteiger partial charge in [0, 0.05) is 35.2 Å². The smallest absolute Gasteiger partial charge is 0.0882 e. The van der Waals surface area contributed by atoms with Crippen LogP contribution in [0.1, 0.15) is 42.7 Å². The van der Waals surface area contributed by atoms with Gasteiger partial charge in [-0.3, -0.25) is 4.98 Å². The summed E-state index contributed by atoms with van der Waals surface area (Å²) >= 11 is 1.63. The molecule has 3 nitrogen and oxygen atoms in total. The highest BCUT2D eigenvalue weighted by Crippen LogP contribution is 2.23. The third-order valence-electron chi connectivity index (χ3n) is 4.35. The van der Waals surface area contributed by atoms with Gasteiger partial charge in [-0.1, -0.05) is 18.2 Å². The maximum absolute atomic E-state index is 10.1. The third kappa shape index (κ3) is 4.63. The Bertz CT molecular complexity index is 757. The number of rotatable bonds is 8. The van der Waals surface area contributed by atoms with Crippen LogP contribution in [0.25, 0.3) is 10.8 Å². The van der Waals surface area contributed by atoms with Crippen molar-refractivity contribution in [2.45, 2.75) is 44.9 Å². The van der Waals surface area contributed by atoms with Crippen LogP contribution >= 0.6 is 11.3 Å². The number of benzene rings is 1. The number of pyridine rings is 1. The van der Waals surface area contributed by atoms with Crippen LogP contribution in [0.15, 0.2) is 54.2 Å². The molecule has 4 heteroatoms. The van der Waals surface area contributed by atoms with Gasteiger partial charge in [0.05, 0.1) is 6.10 Å². The van der Waals surface area contributed by atoms with Crippen molar-refractivity contribution in [2.75, 3.05) is 0 Å². The second-order valence-electron chi connectivity index (χ2n) is 6.30. The van der Waals surface area contributed by atoms with Crippen molar-refractivity contribution in [1.82, 2.24) is 10.3 Å². The molecule has 0 spiro atoms. The van der Waals surface area contributed by atoms with E-state index >= 15 is 0 Å². The van der Waals surface area contributed by atoms with Crippen molar-refractivity contribution >= 4 is 22.1 Å². The van der Waals surface area contributed by atoms with Crippen LogP contribution in [0.3, 0.4) is 0 Å². The Morgan fingerprint density at radius 2 is 2.08 bits per heavy atom. The molecule has 2 atom stereocenters. The number of fused-ring (bicyclic) bond motifs is 1. The van der Waals surface area contributed by atoms with E-state index < -0.39 is 0 Å². The number of thiophene rings is 1. The molecular formula is C20H24N2OS. The Hall–Kier alpha value is -1.75. The first-order valence-corrected chi connectivity index (χ1v) is 9.38. The topological polar surface area (TPSA) is 45.1 Å². The first-order valence-electron chi connectivity index (χ1n) is 8.50. The average Bonchev–Trinajstić information content (AvgIpc) is 3.14. The maximum atomic E-state index is 10.1. The Morgan fingerprint density at radius 1 is 1.17 bits per heavy atom. The minimum atomic E-state index is -0.314. The summed E-state index contributed by atoms with van der Waals surface area (Å²) in [5, 5.41) is 18.1. The molecule has 0 fully saturated rings. The zero-order valence-electron chi connectivity index (χ0n) is 14.0. The van der Waals surface area contributed by atoms with Gasteiger partial charge in [0.1, 0.15) is 0 Å². The molecule has 24 heavy (non-hydrogen) atoms. The Labute approximate surface area is 147 Å². The van der Waals surface area contributed by atoms with Gasteiger partial charge < -0.3 is 10.4 Å². The van der Waals surface area contributed by atoms with E-state index in [0.717, 1.165) is 30.7 Å². The lowest BCUT2D eigenvalue weighted by molar-refractivity contribution is 0.166. The number of hydrogen-bond donors (Lipinski definition) is 2. The normalized spacial score (nSPS) is 13.9. The van der Waals surface area contributed by atoms with Crippen LogP contribution < -0.4 is 5.32 Å². The van der Waals surface area contributed by atoms with E-state index in [9.17, 15) is 5.11 Å². The number of aliphatic hydroxyl groups is 1. The van der Waals surface area contributed by atoms with Gasteiger partial charge in [-0.15, -0.1) is 11.3 Å². The number of nitrogens with one attached hydrogen (secondary N) is 1. The van der Waals surface area contributed by atoms with Gasteiger partial charge in [-0.2, -0.15) is 0 Å². The lowest BCUT2D eigenvalue weighted by Gasteiger charge is -2.15. The van der Waals surface area contributed by atoms with E-state index in [-0.39, 0.29) is 6.10 Å². The molecule has 0 aliphatic heterocycles. The van der Waals surface area contributed by atoms with Crippen LogP contribution in [0.4, 0.5) is 0 Å². The van der Waals surface area contributed by atoms with Gasteiger partial charge in [-0.05, 0) is 60.7 Å². The molecule has 1 aromatic carbocycles. The van der Waals surface area contributed by atoms with Crippen LogP contribution in [0.5, 0.6) is 0 Å². The third-order valence-corrected chi connectivity index (χ3v) is 5.32. The molecular weight excluding hydrogens is 316 g/mol. The highest BCUT2D eigenvalue weighted by atomic mass is 32.1. The molecule has 0 aliphatic rings. The van der Waals surface area contributed by atoms with Gasteiger partial charge in [0.2, 0.25) is 0 Å². The summed E-state index contributed by atoms with van der Waals surface area (Å²) in [4.78, 5) is 5.22. The van der Waals surface area contributed by atoms with Crippen molar-refractivity contribution in [3.63, 3.8) is 0 Å². The van der Waals surface area contributed by atoms with E-state index in [4.69, 9.17) is 0 Å². The minimum absolute atomic E-state index is 0.314. The van der Waals surface area contributed by atoms with E-state index in [1.807, 2.05) is 36.0 Å². The summed E-state index contributed by atoms with van der Waals surface area (Å²) in [7, 11) is 0. The molecule has 0 radical (unpaired) electrons. The number of aromatic nitrogens is 1. The van der Waals surface area contributed by atoms with Crippen molar-refractivity contribution in [3.05, 3.63) is 64.6 Å². The van der Waals surface area contributed by atoms with Crippen molar-refractivity contribution in [3.8, 4) is 0 Å². The predicted octanol–water partition coefficient (Wildman–Crippen LogP) is 4.68. The summed E-state index contributed by atoms with van der Waals surface area (Å²) in [5.74, 6) is 0. The van der Waals surface area contributed by atoms with E-state index in [0.29, 0.717) is 6.04 Å². The molecule has 126 valence electrons. The molecule has 0 aliphatic carbocycles. The highest BCUT2D eigenvalue weighted by molar-refractivity contribution is 7.10. The standard InChI is InChI=1S/C20H24N2OS/c1-15(4-2-5-19(23)20-6-3-11-24-20)22-13-16-7-8-18-14-21-10-9-17(18)12-16/h3,6-12,14-15,19,22-23H,2,4-5,13H2,1H3/t15-,19?/m1/s1. The largest absolute Gasteiger partial charge is 0.388 e. The maximum Gasteiger partial charge on any atom is 0.0882 e. The summed E-state index contributed by atoms with van der Waals surface area (Å²) in [6.45, 7) is 3.08. The lowest BCUT2D eigenvalue weighted by atomic mass is 10.1. The molecule has 3 aromatic rings. The minimum Gasteiger partial charge on any atom is -0.388 e. The molecule has 3 rings (SSSR count). The monoisotopic (exact) mass is 340 g/mol. The molecule has 0 bridgehead atoms. The number of aliphatic hydroxyl groups excluding tert-OH is 1. The molecule has 2 aromatic heterocycles. The summed E-state index contributed by atoms with van der Waals surface area (Å²) < 4.78 is 0. The quantitative estimate of drug-likeness (QED) is 0.626. The van der Waals surface area contributed by atoms with E-state index in [2.05, 4.69) is 35.4 Å². The average molecular weight is 340 g/mol. The summed E-state index contributed by atoms with van der Waals surface area (Å²) in [6.07, 6.45) is 6.34. The Kier molecular flexibility index (Phi) is 5.96. The fraction of sp³-hybridized carbons (Fsp3) is 0.350. The van der Waals surface area contributed by atoms with Crippen LogP contribution in [-0.2, 0) is 6.54 Å². The number of nitrogens with zero attached hydrogens (tertiary/aromatic N) is 1. The predicted molar refractivity (Wildman–Crippen MR) is 101 cm³/mol. The summed E-state index contributed by atoms with van der Waals surface area (Å²) in [5.41, 5.74) is 1.29. The van der Waals surface area contributed by atoms with Gasteiger partial charge >= 0.3 is 0 Å². The molecule has 0 amide bonds. The van der Waals surface area contributed by atoms with Crippen molar-refractivity contribution in [2.24, 2.45) is 0 Å². The van der Waals surface area contributed by atoms with E-state index in [1.165, 1.54) is 16.3 Å². The molecule has 2 heterocycles. The fourth-order valence-electron chi connectivity index (χ4n) is 2.88. The Morgan fingerprint density at radius 3 is 2.92 bits per heavy atom. The van der Waals surface area contributed by atoms with Crippen LogP contribution in [0.2, 0.25) is 0 Å². The first kappa shape index (κ1) is 17.1. The van der Waals surface area contributed by atoms with Gasteiger partial charge in [-0.25, -0.2) is 0 Å². The highest BCUT2D eigenvalue weighted by Gasteiger charge is 2.09. The molecule has 0 saturated carbocycles. The zero-order chi connectivity index (χ0) is 16.8. The number of hydrogen-bond acceptors (Lipinski definition) is 4. The van der Waals surface area contributed by atoms with Crippen LogP contribution in [0, 0.1) is 0 Å². The van der Waals surface area contributed by atoms with Crippen molar-refractivity contribution in [1.29, 1.82) is 0 Å². The second kappa shape index (κ2) is 8.38. The summed E-state index contributed by atoms with van der Waals surface area (Å²) in [6, 6.07) is 13.0. The van der Waals surface area contributed by atoms with Gasteiger partial charge in [0.15, 0.2) is 0 Å². The van der Waals surface area contributed by atoms with Crippen LogP contribution in [-0.4, -0.2) is 16.1 Å².